The average molecular weight is 218 g/mol. The molecule has 4 nitrogen and oxygen atoms in total. The summed E-state index contributed by atoms with van der Waals surface area (Å²) >= 11 is 2.84. The zero-order valence-electron chi connectivity index (χ0n) is 4.85. The van der Waals surface area contributed by atoms with Gasteiger partial charge >= 0.3 is 6.03 Å². The monoisotopic (exact) mass is 217 g/mol. The Labute approximate surface area is 103 Å². The van der Waals surface area contributed by atoms with Crippen molar-refractivity contribution in [3.05, 3.63) is 0 Å². The van der Waals surface area contributed by atoms with Crippen molar-refractivity contribution in [3.8, 4) is 0 Å². The Morgan fingerprint density at radius 3 is 2.22 bits per heavy atom. The molecular formula is C3H3BrKN2O2. The molecule has 0 saturated carbocycles. The van der Waals surface area contributed by atoms with Gasteiger partial charge in [-0.1, -0.05) is 0 Å². The molecule has 0 atom stereocenters. The molecule has 1 N–H and O–H groups in total. The molecule has 1 heterocycles. The van der Waals surface area contributed by atoms with Crippen molar-refractivity contribution in [3.63, 3.8) is 0 Å². The van der Waals surface area contributed by atoms with E-state index >= 15 is 0 Å². The third-order valence-corrected chi connectivity index (χ3v) is 1.32. The van der Waals surface area contributed by atoms with Crippen LogP contribution in [0, 0.1) is 0 Å². The Balaban J connectivity index is 0.000000640. The fraction of sp³-hybridized carbons (Fsp3) is 0.333. The summed E-state index contributed by atoms with van der Waals surface area (Å²) in [7, 11) is 0. The molecule has 1 fully saturated rings. The maximum atomic E-state index is 10.3. The van der Waals surface area contributed by atoms with Gasteiger partial charge in [0.15, 0.2) is 0 Å². The van der Waals surface area contributed by atoms with Gasteiger partial charge < -0.3 is 0 Å². The van der Waals surface area contributed by atoms with Crippen molar-refractivity contribution in [2.75, 3.05) is 6.54 Å². The summed E-state index contributed by atoms with van der Waals surface area (Å²) < 4.78 is 1.13. The van der Waals surface area contributed by atoms with Crippen molar-refractivity contribution in [1.29, 1.82) is 0 Å². The van der Waals surface area contributed by atoms with Crippen LogP contribution in [0.1, 0.15) is 0 Å². The fourth-order valence-electron chi connectivity index (χ4n) is 0.417. The first kappa shape index (κ1) is 10.1. The fourth-order valence-corrected chi connectivity index (χ4v) is 0.734. The second-order valence-corrected chi connectivity index (χ2v) is 2.23. The molecule has 0 bridgehead atoms. The number of imide groups is 1. The summed E-state index contributed by atoms with van der Waals surface area (Å²) in [4.78, 5) is 20.6. The van der Waals surface area contributed by atoms with E-state index in [4.69, 9.17) is 0 Å². The quantitative estimate of drug-likeness (QED) is 0.337. The van der Waals surface area contributed by atoms with Crippen LogP contribution in [-0.4, -0.2) is 73.8 Å². The molecule has 45 valence electrons. The van der Waals surface area contributed by atoms with Crippen molar-refractivity contribution in [2.24, 2.45) is 0 Å². The van der Waals surface area contributed by atoms with Gasteiger partial charge in [-0.15, -0.1) is 0 Å². The van der Waals surface area contributed by atoms with Gasteiger partial charge in [0.05, 0.1) is 16.1 Å². The molecule has 1 rings (SSSR count). The van der Waals surface area contributed by atoms with E-state index in [9.17, 15) is 9.59 Å². The first-order chi connectivity index (χ1) is 3.70. The molecule has 0 aromatic rings. The van der Waals surface area contributed by atoms with E-state index in [1.54, 1.807) is 0 Å². The SMILES string of the molecule is O=C1CN(Br)C(=O)N1.[K]. The normalized spacial score (nSPS) is 17.2. The third-order valence-electron chi connectivity index (χ3n) is 0.749. The number of halogens is 1. The van der Waals surface area contributed by atoms with Gasteiger partial charge in [0.1, 0.15) is 6.54 Å². The predicted molar refractivity (Wildman–Crippen MR) is 34.9 cm³/mol. The number of nitrogens with zero attached hydrogens (tertiary/aromatic N) is 1. The summed E-state index contributed by atoms with van der Waals surface area (Å²) in [6, 6.07) is -0.394. The van der Waals surface area contributed by atoms with Crippen LogP contribution in [0.4, 0.5) is 4.79 Å². The smallest absolute Gasteiger partial charge is 0.276 e. The van der Waals surface area contributed by atoms with Gasteiger partial charge in [0.25, 0.3) is 0 Å². The van der Waals surface area contributed by atoms with Crippen LogP contribution in [0.15, 0.2) is 0 Å². The maximum Gasteiger partial charge on any atom is 0.334 e. The van der Waals surface area contributed by atoms with Gasteiger partial charge in [-0.05, 0) is 0 Å². The molecule has 0 spiro atoms. The summed E-state index contributed by atoms with van der Waals surface area (Å²) in [6.45, 7) is 0.110. The minimum Gasteiger partial charge on any atom is -0.276 e. The molecule has 1 radical (unpaired) electrons. The average Bonchev–Trinajstić information content (AvgIpc) is 1.85. The summed E-state index contributed by atoms with van der Waals surface area (Å²) in [6.07, 6.45) is 0. The third kappa shape index (κ3) is 2.65. The van der Waals surface area contributed by atoms with Crippen LogP contribution < -0.4 is 5.32 Å². The van der Waals surface area contributed by atoms with Crippen molar-refractivity contribution < 1.29 is 9.59 Å². The minimum absolute atomic E-state index is 0. The van der Waals surface area contributed by atoms with Crippen LogP contribution >= 0.6 is 16.1 Å². The first-order valence-corrected chi connectivity index (χ1v) is 2.68. The number of urea groups is 1. The zero-order valence-corrected chi connectivity index (χ0v) is 9.56. The number of carbonyl (C=O) groups is 2. The topological polar surface area (TPSA) is 49.4 Å². The Morgan fingerprint density at radius 1 is 1.56 bits per heavy atom. The number of carbonyl (C=O) groups excluding carboxylic acids is 2. The summed E-state index contributed by atoms with van der Waals surface area (Å²) in [5.74, 6) is -0.271. The summed E-state index contributed by atoms with van der Waals surface area (Å²) in [5, 5.41) is 2.07. The molecule has 1 aliphatic rings. The molecule has 3 amide bonds. The number of hydrogen-bond donors (Lipinski definition) is 1. The molecule has 6 heteroatoms. The van der Waals surface area contributed by atoms with E-state index in [-0.39, 0.29) is 63.8 Å². The Bertz CT molecular complexity index is 151. The van der Waals surface area contributed by atoms with Crippen LogP contribution in [0.2, 0.25) is 0 Å². The number of nitrogens with one attached hydrogen (secondary N) is 1. The minimum atomic E-state index is -0.394. The van der Waals surface area contributed by atoms with Crippen LogP contribution in [-0.2, 0) is 4.79 Å². The zero-order chi connectivity index (χ0) is 6.15. The molecule has 0 unspecified atom stereocenters. The van der Waals surface area contributed by atoms with E-state index in [2.05, 4.69) is 21.5 Å². The molecule has 0 aliphatic carbocycles. The maximum absolute atomic E-state index is 10.3. The van der Waals surface area contributed by atoms with Crippen molar-refractivity contribution in [2.45, 2.75) is 0 Å². The van der Waals surface area contributed by atoms with Crippen LogP contribution in [0.25, 0.3) is 0 Å². The van der Waals surface area contributed by atoms with E-state index in [1.165, 1.54) is 0 Å². The molecule has 0 aromatic carbocycles. The molecule has 0 aromatic heterocycles. The van der Waals surface area contributed by atoms with Crippen LogP contribution in [0.3, 0.4) is 0 Å². The Morgan fingerprint density at radius 2 is 2.11 bits per heavy atom. The standard InChI is InChI=1S/C3H3BrN2O2.K/c4-6-1-2(7)5-3(6)8;/h1H2,(H,5,7,8);. The van der Waals surface area contributed by atoms with Crippen LogP contribution in [0.5, 0.6) is 0 Å². The number of amides is 3. The molecule has 1 aliphatic heterocycles. The number of rotatable bonds is 0. The van der Waals surface area contributed by atoms with E-state index < -0.39 is 6.03 Å². The predicted octanol–water partition coefficient (Wildman–Crippen LogP) is -0.533. The molecular weight excluding hydrogens is 215 g/mol. The first-order valence-electron chi connectivity index (χ1n) is 1.97. The largest absolute Gasteiger partial charge is 0.334 e. The second kappa shape index (κ2) is 4.04. The van der Waals surface area contributed by atoms with Gasteiger partial charge in [-0.2, -0.15) is 0 Å². The van der Waals surface area contributed by atoms with Gasteiger partial charge in [-0.25, -0.2) is 4.79 Å². The molecule has 1 saturated heterocycles. The Kier molecular flexibility index (Phi) is 4.52. The summed E-state index contributed by atoms with van der Waals surface area (Å²) in [5.41, 5.74) is 0. The number of hydrogen-bond acceptors (Lipinski definition) is 2. The van der Waals surface area contributed by atoms with E-state index in [0.29, 0.717) is 0 Å². The van der Waals surface area contributed by atoms with Crippen molar-refractivity contribution >= 4 is 79.5 Å². The second-order valence-electron chi connectivity index (χ2n) is 1.37. The van der Waals surface area contributed by atoms with Crippen molar-refractivity contribution in [1.82, 2.24) is 9.24 Å². The van der Waals surface area contributed by atoms with Gasteiger partial charge in [0.2, 0.25) is 5.91 Å². The van der Waals surface area contributed by atoms with E-state index in [1.807, 2.05) is 0 Å². The molecule has 9 heavy (non-hydrogen) atoms. The van der Waals surface area contributed by atoms with Gasteiger partial charge in [0, 0.05) is 51.4 Å². The van der Waals surface area contributed by atoms with E-state index in [0.717, 1.165) is 3.93 Å². The Hall–Kier alpha value is 1.06. The van der Waals surface area contributed by atoms with Gasteiger partial charge in [-0.3, -0.25) is 14.0 Å².